The number of carbonyl (C=O) groups excluding carboxylic acids is 1. The van der Waals surface area contributed by atoms with Gasteiger partial charge in [0.25, 0.3) is 0 Å². The summed E-state index contributed by atoms with van der Waals surface area (Å²) in [6, 6.07) is 5.27. The van der Waals surface area contributed by atoms with Crippen molar-refractivity contribution in [1.82, 2.24) is 4.90 Å². The van der Waals surface area contributed by atoms with Gasteiger partial charge in [0.1, 0.15) is 0 Å². The Balaban J connectivity index is 2.01. The molecule has 24 heavy (non-hydrogen) atoms. The number of hydrogen-bond donors (Lipinski definition) is 1. The molecule has 3 unspecified atom stereocenters. The number of carbonyl (C=O) groups is 1. The van der Waals surface area contributed by atoms with Crippen LogP contribution < -0.4 is 5.73 Å². The zero-order valence-electron chi connectivity index (χ0n) is 14.1. The molecule has 0 aromatic heterocycles. The summed E-state index contributed by atoms with van der Waals surface area (Å²) in [7, 11) is 0. The van der Waals surface area contributed by atoms with Gasteiger partial charge in [0.15, 0.2) is 0 Å². The summed E-state index contributed by atoms with van der Waals surface area (Å²) in [5.41, 5.74) is 5.80. The van der Waals surface area contributed by atoms with Crippen molar-refractivity contribution >= 4 is 5.91 Å². The van der Waals surface area contributed by atoms with Gasteiger partial charge in [-0.1, -0.05) is 25.1 Å². The second-order valence-electron chi connectivity index (χ2n) is 6.83. The summed E-state index contributed by atoms with van der Waals surface area (Å²) in [5.74, 6) is 0.0345. The average Bonchev–Trinajstić information content (AvgIpc) is 2.54. The Morgan fingerprint density at radius 3 is 2.71 bits per heavy atom. The first kappa shape index (κ1) is 18.8. The Kier molecular flexibility index (Phi) is 5.91. The van der Waals surface area contributed by atoms with Gasteiger partial charge in [0, 0.05) is 25.6 Å². The lowest BCUT2D eigenvalue weighted by Crippen LogP contribution is -2.45. The van der Waals surface area contributed by atoms with Gasteiger partial charge in [-0.3, -0.25) is 4.79 Å². The fraction of sp³-hybridized carbons (Fsp3) is 0.611. The zero-order chi connectivity index (χ0) is 17.9. The largest absolute Gasteiger partial charge is 0.416 e. The van der Waals surface area contributed by atoms with Crippen LogP contribution in [0.1, 0.15) is 50.2 Å². The number of halogens is 3. The van der Waals surface area contributed by atoms with E-state index in [0.29, 0.717) is 24.6 Å². The highest BCUT2D eigenvalue weighted by molar-refractivity contribution is 5.77. The van der Waals surface area contributed by atoms with Crippen LogP contribution in [0.3, 0.4) is 0 Å². The third-order valence-electron chi connectivity index (χ3n) is 4.82. The van der Waals surface area contributed by atoms with Crippen LogP contribution in [-0.4, -0.2) is 29.9 Å². The van der Waals surface area contributed by atoms with E-state index in [9.17, 15) is 18.0 Å². The normalized spacial score (nSPS) is 21.4. The predicted octanol–water partition coefficient (Wildman–Crippen LogP) is 3.78. The Morgan fingerprint density at radius 1 is 1.38 bits per heavy atom. The Labute approximate surface area is 141 Å². The van der Waals surface area contributed by atoms with Crippen LogP contribution in [-0.2, 0) is 11.0 Å². The van der Waals surface area contributed by atoms with Crippen LogP contribution >= 0.6 is 0 Å². The summed E-state index contributed by atoms with van der Waals surface area (Å²) < 4.78 is 38.4. The van der Waals surface area contributed by atoms with Gasteiger partial charge in [-0.15, -0.1) is 0 Å². The first-order chi connectivity index (χ1) is 11.2. The van der Waals surface area contributed by atoms with E-state index in [1.807, 2.05) is 11.8 Å². The molecule has 0 bridgehead atoms. The van der Waals surface area contributed by atoms with Crippen molar-refractivity contribution in [2.45, 2.75) is 51.2 Å². The van der Waals surface area contributed by atoms with E-state index in [2.05, 4.69) is 0 Å². The van der Waals surface area contributed by atoms with Crippen LogP contribution in [0.25, 0.3) is 0 Å². The van der Waals surface area contributed by atoms with Crippen molar-refractivity contribution < 1.29 is 18.0 Å². The fourth-order valence-electron chi connectivity index (χ4n) is 3.20. The SMILES string of the molecule is CC(CC(=O)N1CCCC(C(C)N)C1)c1cccc(C(F)(F)F)c1. The lowest BCUT2D eigenvalue weighted by molar-refractivity contribution is -0.137. The van der Waals surface area contributed by atoms with E-state index in [1.54, 1.807) is 13.0 Å². The molecule has 0 saturated carbocycles. The van der Waals surface area contributed by atoms with Gasteiger partial charge in [-0.25, -0.2) is 0 Å². The Morgan fingerprint density at radius 2 is 2.08 bits per heavy atom. The van der Waals surface area contributed by atoms with Crippen LogP contribution in [0.2, 0.25) is 0 Å². The third-order valence-corrected chi connectivity index (χ3v) is 4.82. The maximum Gasteiger partial charge on any atom is 0.416 e. The molecule has 2 rings (SSSR count). The van der Waals surface area contributed by atoms with Crippen LogP contribution in [0.4, 0.5) is 13.2 Å². The molecule has 3 atom stereocenters. The molecule has 1 saturated heterocycles. The second kappa shape index (κ2) is 7.55. The van der Waals surface area contributed by atoms with Gasteiger partial charge in [0.2, 0.25) is 5.91 Å². The van der Waals surface area contributed by atoms with Crippen LogP contribution in [0.5, 0.6) is 0 Å². The molecule has 3 nitrogen and oxygen atoms in total. The van der Waals surface area contributed by atoms with Gasteiger partial charge >= 0.3 is 6.18 Å². The summed E-state index contributed by atoms with van der Waals surface area (Å²) in [6.07, 6.45) is -2.20. The highest BCUT2D eigenvalue weighted by Gasteiger charge is 2.31. The number of rotatable bonds is 4. The Hall–Kier alpha value is -1.56. The molecule has 6 heteroatoms. The maximum atomic E-state index is 12.8. The first-order valence-corrected chi connectivity index (χ1v) is 8.39. The van der Waals surface area contributed by atoms with Crippen molar-refractivity contribution in [1.29, 1.82) is 0 Å². The highest BCUT2D eigenvalue weighted by atomic mass is 19.4. The summed E-state index contributed by atoms with van der Waals surface area (Å²) in [6.45, 7) is 5.09. The number of amides is 1. The summed E-state index contributed by atoms with van der Waals surface area (Å²) >= 11 is 0. The lowest BCUT2D eigenvalue weighted by atomic mass is 9.91. The lowest BCUT2D eigenvalue weighted by Gasteiger charge is -2.35. The molecule has 134 valence electrons. The van der Waals surface area contributed by atoms with Crippen molar-refractivity contribution in [2.75, 3.05) is 13.1 Å². The number of likely N-dealkylation sites (tertiary alicyclic amines) is 1. The molecule has 2 N–H and O–H groups in total. The van der Waals surface area contributed by atoms with E-state index in [-0.39, 0.29) is 24.3 Å². The van der Waals surface area contributed by atoms with Gasteiger partial charge in [-0.05, 0) is 43.2 Å². The number of benzene rings is 1. The third kappa shape index (κ3) is 4.72. The fourth-order valence-corrected chi connectivity index (χ4v) is 3.20. The number of hydrogen-bond acceptors (Lipinski definition) is 2. The number of piperidine rings is 1. The molecule has 0 radical (unpaired) electrons. The monoisotopic (exact) mass is 342 g/mol. The molecule has 1 fully saturated rings. The van der Waals surface area contributed by atoms with E-state index >= 15 is 0 Å². The summed E-state index contributed by atoms with van der Waals surface area (Å²) in [5, 5.41) is 0. The quantitative estimate of drug-likeness (QED) is 0.905. The topological polar surface area (TPSA) is 46.3 Å². The average molecular weight is 342 g/mol. The minimum atomic E-state index is -4.36. The maximum absolute atomic E-state index is 12.8. The van der Waals surface area contributed by atoms with Crippen molar-refractivity contribution in [3.8, 4) is 0 Å². The molecule has 1 aliphatic rings. The molecule has 1 aliphatic heterocycles. The molecule has 1 amide bonds. The zero-order valence-corrected chi connectivity index (χ0v) is 14.1. The first-order valence-electron chi connectivity index (χ1n) is 8.39. The van der Waals surface area contributed by atoms with Crippen LogP contribution in [0.15, 0.2) is 24.3 Å². The minimum Gasteiger partial charge on any atom is -0.342 e. The molecule has 0 aliphatic carbocycles. The van der Waals surface area contributed by atoms with Crippen molar-refractivity contribution in [2.24, 2.45) is 11.7 Å². The number of nitrogens with zero attached hydrogens (tertiary/aromatic N) is 1. The molecule has 1 aromatic carbocycles. The number of nitrogens with two attached hydrogens (primary N) is 1. The van der Waals surface area contributed by atoms with Crippen molar-refractivity contribution in [3.63, 3.8) is 0 Å². The van der Waals surface area contributed by atoms with Gasteiger partial charge in [-0.2, -0.15) is 13.2 Å². The number of alkyl halides is 3. The highest BCUT2D eigenvalue weighted by Crippen LogP contribution is 2.32. The van der Waals surface area contributed by atoms with Gasteiger partial charge < -0.3 is 10.6 Å². The van der Waals surface area contributed by atoms with E-state index < -0.39 is 11.7 Å². The van der Waals surface area contributed by atoms with E-state index in [0.717, 1.165) is 25.0 Å². The molecule has 0 spiro atoms. The van der Waals surface area contributed by atoms with E-state index in [4.69, 9.17) is 5.73 Å². The molecular formula is C18H25F3N2O. The van der Waals surface area contributed by atoms with Crippen molar-refractivity contribution in [3.05, 3.63) is 35.4 Å². The smallest absolute Gasteiger partial charge is 0.342 e. The standard InChI is InChI=1S/C18H25F3N2O/c1-12(14-5-3-7-16(10-14)18(19,20)21)9-17(24)23-8-4-6-15(11-23)13(2)22/h3,5,7,10,12-13,15H,4,6,8-9,11,22H2,1-2H3. The predicted molar refractivity (Wildman–Crippen MR) is 87.4 cm³/mol. The molecule has 1 heterocycles. The second-order valence-corrected chi connectivity index (χ2v) is 6.83. The molecular weight excluding hydrogens is 317 g/mol. The van der Waals surface area contributed by atoms with Crippen LogP contribution in [0, 0.1) is 5.92 Å². The van der Waals surface area contributed by atoms with E-state index in [1.165, 1.54) is 6.07 Å². The summed E-state index contributed by atoms with van der Waals surface area (Å²) in [4.78, 5) is 14.3. The molecule has 1 aromatic rings. The minimum absolute atomic E-state index is 0.00902. The Bertz CT molecular complexity index is 572. The van der Waals surface area contributed by atoms with Gasteiger partial charge in [0.05, 0.1) is 5.56 Å².